The van der Waals surface area contributed by atoms with E-state index in [1.54, 1.807) is 12.4 Å². The van der Waals surface area contributed by atoms with E-state index in [0.29, 0.717) is 0 Å². The monoisotopic (exact) mass is 190 g/mol. The highest BCUT2D eigenvalue weighted by Gasteiger charge is 2.21. The van der Waals surface area contributed by atoms with Gasteiger partial charge in [-0.3, -0.25) is 4.98 Å². The lowest BCUT2D eigenvalue weighted by Gasteiger charge is -2.17. The lowest BCUT2D eigenvalue weighted by atomic mass is 10.1. The maximum Gasteiger partial charge on any atom is 0.129 e. The molecule has 0 unspecified atom stereocenters. The van der Waals surface area contributed by atoms with Crippen molar-refractivity contribution < 1.29 is 0 Å². The summed E-state index contributed by atoms with van der Waals surface area (Å²) in [7, 11) is 1.97. The highest BCUT2D eigenvalue weighted by molar-refractivity contribution is 5.74. The van der Waals surface area contributed by atoms with Gasteiger partial charge in [-0.2, -0.15) is 0 Å². The van der Waals surface area contributed by atoms with Crippen LogP contribution in [0.2, 0.25) is 0 Å². The molecule has 0 fully saturated rings. The summed E-state index contributed by atoms with van der Waals surface area (Å²) in [4.78, 5) is 8.49. The Kier molecular flexibility index (Phi) is 1.82. The van der Waals surface area contributed by atoms with Crippen LogP contribution < -0.4 is 5.73 Å². The Morgan fingerprint density at radius 2 is 2.14 bits per heavy atom. The number of hydrogen-bond donors (Lipinski definition) is 1. The first-order valence-electron chi connectivity index (χ1n) is 4.56. The molecule has 0 amide bonds. The minimum atomic E-state index is -0.423. The Balaban J connectivity index is 2.75. The molecule has 2 rings (SSSR count). The minimum Gasteiger partial charge on any atom is -0.329 e. The number of aromatic nitrogens is 3. The smallest absolute Gasteiger partial charge is 0.129 e. The van der Waals surface area contributed by atoms with Crippen molar-refractivity contribution in [1.29, 1.82) is 0 Å². The molecule has 0 aliphatic heterocycles. The molecule has 0 radical (unpaired) electrons. The highest BCUT2D eigenvalue weighted by Crippen LogP contribution is 2.20. The summed E-state index contributed by atoms with van der Waals surface area (Å²) in [5, 5.41) is 0. The van der Waals surface area contributed by atoms with Gasteiger partial charge in [0.15, 0.2) is 0 Å². The lowest BCUT2D eigenvalue weighted by molar-refractivity contribution is 0.498. The van der Waals surface area contributed by atoms with Crippen LogP contribution in [0.4, 0.5) is 0 Å². The van der Waals surface area contributed by atoms with Crippen LogP contribution in [-0.4, -0.2) is 14.5 Å². The number of hydrogen-bond acceptors (Lipinski definition) is 3. The summed E-state index contributed by atoms with van der Waals surface area (Å²) < 4.78 is 2.01. The van der Waals surface area contributed by atoms with E-state index in [4.69, 9.17) is 5.73 Å². The third-order valence-electron chi connectivity index (χ3n) is 2.26. The number of fused-ring (bicyclic) bond motifs is 1. The third-order valence-corrected chi connectivity index (χ3v) is 2.26. The Labute approximate surface area is 82.8 Å². The molecule has 0 spiro atoms. The number of nitrogens with two attached hydrogens (primary N) is 1. The Hall–Kier alpha value is -1.42. The molecule has 0 bridgehead atoms. The molecule has 2 aromatic heterocycles. The fourth-order valence-electron chi connectivity index (χ4n) is 1.63. The fourth-order valence-corrected chi connectivity index (χ4v) is 1.63. The first kappa shape index (κ1) is 9.15. The Morgan fingerprint density at radius 3 is 2.71 bits per heavy atom. The number of pyridine rings is 1. The fraction of sp³-hybridized carbons (Fsp3) is 0.400. The van der Waals surface area contributed by atoms with Crippen LogP contribution in [0.25, 0.3) is 11.0 Å². The number of aryl methyl sites for hydroxylation is 1. The predicted molar refractivity (Wildman–Crippen MR) is 55.7 cm³/mol. The topological polar surface area (TPSA) is 56.7 Å². The normalized spacial score (nSPS) is 12.3. The van der Waals surface area contributed by atoms with Crippen molar-refractivity contribution in [3.63, 3.8) is 0 Å². The summed E-state index contributed by atoms with van der Waals surface area (Å²) in [5.74, 6) is 0.875. The quantitative estimate of drug-likeness (QED) is 0.734. The van der Waals surface area contributed by atoms with Crippen molar-refractivity contribution in [1.82, 2.24) is 14.5 Å². The van der Waals surface area contributed by atoms with E-state index < -0.39 is 5.54 Å². The molecular formula is C10H14N4. The van der Waals surface area contributed by atoms with Crippen molar-refractivity contribution in [2.24, 2.45) is 12.8 Å². The van der Waals surface area contributed by atoms with Gasteiger partial charge in [0, 0.05) is 13.2 Å². The van der Waals surface area contributed by atoms with Crippen molar-refractivity contribution >= 4 is 11.0 Å². The number of imidazole rings is 1. The molecular weight excluding hydrogens is 176 g/mol. The minimum absolute atomic E-state index is 0.423. The lowest BCUT2D eigenvalue weighted by Crippen LogP contribution is -2.32. The molecule has 0 aliphatic rings. The summed E-state index contributed by atoms with van der Waals surface area (Å²) >= 11 is 0. The average Bonchev–Trinajstić information content (AvgIpc) is 2.44. The van der Waals surface area contributed by atoms with Crippen LogP contribution in [0.15, 0.2) is 18.5 Å². The summed E-state index contributed by atoms with van der Waals surface area (Å²) in [6.07, 6.45) is 3.52. The molecule has 0 saturated heterocycles. The molecule has 2 aromatic rings. The van der Waals surface area contributed by atoms with E-state index in [0.717, 1.165) is 16.9 Å². The largest absolute Gasteiger partial charge is 0.329 e. The van der Waals surface area contributed by atoms with Crippen LogP contribution >= 0.6 is 0 Å². The molecule has 0 aromatic carbocycles. The van der Waals surface area contributed by atoms with Gasteiger partial charge in [0.2, 0.25) is 0 Å². The van der Waals surface area contributed by atoms with Crippen LogP contribution in [0.3, 0.4) is 0 Å². The second kappa shape index (κ2) is 2.78. The van der Waals surface area contributed by atoms with Gasteiger partial charge in [-0.05, 0) is 19.9 Å². The first-order chi connectivity index (χ1) is 6.50. The molecule has 74 valence electrons. The van der Waals surface area contributed by atoms with E-state index in [1.165, 1.54) is 0 Å². The predicted octanol–water partition coefficient (Wildman–Crippen LogP) is 1.16. The molecule has 2 N–H and O–H groups in total. The summed E-state index contributed by atoms with van der Waals surface area (Å²) in [6, 6.07) is 1.94. The molecule has 0 saturated carbocycles. The van der Waals surface area contributed by atoms with Gasteiger partial charge < -0.3 is 10.3 Å². The summed E-state index contributed by atoms with van der Waals surface area (Å²) in [5.41, 5.74) is 7.55. The second-order valence-corrected chi connectivity index (χ2v) is 4.08. The van der Waals surface area contributed by atoms with E-state index >= 15 is 0 Å². The van der Waals surface area contributed by atoms with Crippen LogP contribution in [0.1, 0.15) is 19.7 Å². The van der Waals surface area contributed by atoms with Crippen molar-refractivity contribution in [2.45, 2.75) is 19.4 Å². The van der Waals surface area contributed by atoms with Crippen LogP contribution in [0.5, 0.6) is 0 Å². The van der Waals surface area contributed by atoms with E-state index in [1.807, 2.05) is 31.5 Å². The third kappa shape index (κ3) is 1.28. The van der Waals surface area contributed by atoms with Gasteiger partial charge in [-0.25, -0.2) is 4.98 Å². The molecule has 0 aliphatic carbocycles. The van der Waals surface area contributed by atoms with Crippen LogP contribution in [-0.2, 0) is 12.6 Å². The zero-order valence-electron chi connectivity index (χ0n) is 8.65. The molecule has 0 atom stereocenters. The van der Waals surface area contributed by atoms with Gasteiger partial charge in [0.1, 0.15) is 11.3 Å². The standard InChI is InChI=1S/C10H14N4/c1-10(2,11)9-13-7-6-12-5-4-8(7)14(9)3/h4-6H,11H2,1-3H3. The number of nitrogens with zero attached hydrogens (tertiary/aromatic N) is 3. The Bertz CT molecular complexity index is 464. The van der Waals surface area contributed by atoms with Gasteiger partial charge in [0.25, 0.3) is 0 Å². The summed E-state index contributed by atoms with van der Waals surface area (Å²) in [6.45, 7) is 3.89. The molecule has 2 heterocycles. The van der Waals surface area contributed by atoms with Crippen molar-refractivity contribution in [3.8, 4) is 0 Å². The SMILES string of the molecule is Cn1c(C(C)(C)N)nc2cnccc21. The van der Waals surface area contributed by atoms with E-state index in [9.17, 15) is 0 Å². The first-order valence-corrected chi connectivity index (χ1v) is 4.56. The van der Waals surface area contributed by atoms with Crippen LogP contribution in [0, 0.1) is 0 Å². The van der Waals surface area contributed by atoms with Crippen molar-refractivity contribution in [2.75, 3.05) is 0 Å². The maximum absolute atomic E-state index is 6.02. The average molecular weight is 190 g/mol. The molecule has 14 heavy (non-hydrogen) atoms. The van der Waals surface area contributed by atoms with Gasteiger partial charge in [-0.15, -0.1) is 0 Å². The maximum atomic E-state index is 6.02. The molecule has 4 nitrogen and oxygen atoms in total. The van der Waals surface area contributed by atoms with Gasteiger partial charge >= 0.3 is 0 Å². The zero-order valence-corrected chi connectivity index (χ0v) is 8.65. The van der Waals surface area contributed by atoms with E-state index in [2.05, 4.69) is 9.97 Å². The van der Waals surface area contributed by atoms with E-state index in [-0.39, 0.29) is 0 Å². The zero-order chi connectivity index (χ0) is 10.3. The van der Waals surface area contributed by atoms with Crippen molar-refractivity contribution in [3.05, 3.63) is 24.3 Å². The highest BCUT2D eigenvalue weighted by atomic mass is 15.1. The Morgan fingerprint density at radius 1 is 1.43 bits per heavy atom. The number of rotatable bonds is 1. The second-order valence-electron chi connectivity index (χ2n) is 4.08. The van der Waals surface area contributed by atoms with Gasteiger partial charge in [-0.1, -0.05) is 0 Å². The van der Waals surface area contributed by atoms with Gasteiger partial charge in [0.05, 0.1) is 17.3 Å². The molecule has 4 heteroatoms.